The molecule has 1 saturated heterocycles. The summed E-state index contributed by atoms with van der Waals surface area (Å²) in [6, 6.07) is 8.12. The Morgan fingerprint density at radius 3 is 2.71 bits per heavy atom. The summed E-state index contributed by atoms with van der Waals surface area (Å²) >= 11 is 0. The lowest BCUT2D eigenvalue weighted by Gasteiger charge is -2.33. The number of hydrogen-bond donors (Lipinski definition) is 3. The summed E-state index contributed by atoms with van der Waals surface area (Å²) < 4.78 is 0. The predicted octanol–water partition coefficient (Wildman–Crippen LogP) is 4.44. The van der Waals surface area contributed by atoms with Crippen LogP contribution in [0.3, 0.4) is 0 Å². The Labute approximate surface area is 220 Å². The third-order valence-corrected chi connectivity index (χ3v) is 7.11. The van der Waals surface area contributed by atoms with E-state index in [4.69, 9.17) is 4.98 Å². The van der Waals surface area contributed by atoms with Gasteiger partial charge in [0.05, 0.1) is 23.1 Å². The highest BCUT2D eigenvalue weighted by atomic mass is 16.1. The van der Waals surface area contributed by atoms with Gasteiger partial charge >= 0.3 is 0 Å². The Kier molecular flexibility index (Phi) is 6.47. The van der Waals surface area contributed by atoms with Crippen molar-refractivity contribution in [3.05, 3.63) is 49.1 Å². The third kappa shape index (κ3) is 4.70. The molecule has 5 aromatic heterocycles. The molecule has 0 bridgehead atoms. The molecule has 10 heteroatoms. The molecular weight excluding hydrogens is 478 g/mol. The Bertz CT molecular complexity index is 1600. The van der Waals surface area contributed by atoms with E-state index in [1.54, 1.807) is 18.6 Å². The number of aromatic amines is 2. The Balaban J connectivity index is 1.33. The molecule has 10 nitrogen and oxygen atoms in total. The number of anilines is 2. The van der Waals surface area contributed by atoms with Crippen LogP contribution in [0.5, 0.6) is 0 Å². The van der Waals surface area contributed by atoms with Gasteiger partial charge in [0.15, 0.2) is 5.65 Å². The largest absolute Gasteiger partial charge is 0.353 e. The van der Waals surface area contributed by atoms with Gasteiger partial charge in [0, 0.05) is 73.1 Å². The smallest absolute Gasteiger partial charge is 0.224 e. The second-order valence-corrected chi connectivity index (χ2v) is 9.88. The van der Waals surface area contributed by atoms with Gasteiger partial charge in [0.25, 0.3) is 0 Å². The zero-order valence-electron chi connectivity index (χ0n) is 21.7. The lowest BCUT2D eigenvalue weighted by Crippen LogP contribution is -2.44. The molecule has 194 valence electrons. The number of fused-ring (bicyclic) bond motifs is 2. The maximum atomic E-state index is 12.2. The third-order valence-electron chi connectivity index (χ3n) is 7.11. The number of piperazine rings is 1. The van der Waals surface area contributed by atoms with Crippen LogP contribution in [-0.2, 0) is 4.79 Å². The number of nitrogens with zero attached hydrogens (tertiary/aromatic N) is 6. The van der Waals surface area contributed by atoms with E-state index in [2.05, 4.69) is 66.4 Å². The van der Waals surface area contributed by atoms with Crippen molar-refractivity contribution in [2.75, 3.05) is 43.4 Å². The number of carbonyl (C=O) groups is 1. The molecule has 1 aliphatic heterocycles. The van der Waals surface area contributed by atoms with Gasteiger partial charge in [-0.2, -0.15) is 5.10 Å². The van der Waals surface area contributed by atoms with E-state index in [1.807, 2.05) is 18.3 Å². The molecule has 6 rings (SSSR count). The number of carbonyl (C=O) groups excluding carboxylic acids is 1. The average Bonchev–Trinajstić information content (AvgIpc) is 3.56. The second-order valence-electron chi connectivity index (χ2n) is 9.88. The number of amides is 1. The normalized spacial score (nSPS) is 14.4. The van der Waals surface area contributed by atoms with Crippen molar-refractivity contribution in [3.8, 4) is 22.5 Å². The molecule has 1 aliphatic rings. The second kappa shape index (κ2) is 10.2. The average molecular weight is 510 g/mol. The lowest BCUT2D eigenvalue weighted by molar-refractivity contribution is -0.116. The summed E-state index contributed by atoms with van der Waals surface area (Å²) in [6.07, 6.45) is 9.45. The highest BCUT2D eigenvalue weighted by Gasteiger charge is 2.20. The minimum atomic E-state index is 0.000687. The number of hydrogen-bond acceptors (Lipinski definition) is 7. The quantitative estimate of drug-likeness (QED) is 0.297. The van der Waals surface area contributed by atoms with E-state index >= 15 is 0 Å². The lowest BCUT2D eigenvalue weighted by atomic mass is 10.1. The van der Waals surface area contributed by atoms with Crippen LogP contribution in [0, 0.1) is 0 Å². The Hall–Kier alpha value is -4.31. The standard InChI is InChI=1S/C28H31N9O/c1-3-4-5-25(38)32-20-12-18(15-29-17-20)19-13-22-26(34-35-27(22)31-16-19)24-14-21-23(33-24)6-7-30-28(21)37-10-8-36(2)9-11-37/h6-7,12-17,33H,3-5,8-11H2,1-2H3,(H,32,38)(H,31,34,35). The van der Waals surface area contributed by atoms with Crippen LogP contribution in [0.2, 0.25) is 0 Å². The molecule has 1 amide bonds. The summed E-state index contributed by atoms with van der Waals surface area (Å²) in [6.45, 7) is 6.02. The maximum absolute atomic E-state index is 12.2. The van der Waals surface area contributed by atoms with Crippen molar-refractivity contribution in [1.82, 2.24) is 35.0 Å². The number of likely N-dealkylation sites (N-methyl/N-ethyl adjacent to an activating group) is 1. The minimum Gasteiger partial charge on any atom is -0.353 e. The first-order chi connectivity index (χ1) is 18.6. The van der Waals surface area contributed by atoms with Crippen LogP contribution in [0.25, 0.3) is 44.5 Å². The SMILES string of the molecule is CCCCC(=O)Nc1cncc(-c2cnc3[nH]nc(-c4cc5c(N6CCN(C)CC6)nccc5[nH]4)c3c2)c1. The molecule has 0 unspecified atom stereocenters. The van der Waals surface area contributed by atoms with E-state index in [0.29, 0.717) is 17.8 Å². The van der Waals surface area contributed by atoms with Gasteiger partial charge in [0.2, 0.25) is 5.91 Å². The number of H-pyrrole nitrogens is 2. The van der Waals surface area contributed by atoms with Gasteiger partial charge in [-0.05, 0) is 37.7 Å². The van der Waals surface area contributed by atoms with E-state index in [9.17, 15) is 4.79 Å². The van der Waals surface area contributed by atoms with Crippen molar-refractivity contribution in [2.45, 2.75) is 26.2 Å². The summed E-state index contributed by atoms with van der Waals surface area (Å²) in [5.74, 6) is 1.00. The fraction of sp³-hybridized carbons (Fsp3) is 0.321. The highest BCUT2D eigenvalue weighted by molar-refractivity contribution is 5.99. The molecular formula is C28H31N9O. The van der Waals surface area contributed by atoms with Gasteiger partial charge in [-0.25, -0.2) is 9.97 Å². The zero-order valence-corrected chi connectivity index (χ0v) is 21.7. The van der Waals surface area contributed by atoms with Crippen LogP contribution in [-0.4, -0.2) is 74.2 Å². The monoisotopic (exact) mass is 509 g/mol. The zero-order chi connectivity index (χ0) is 26.1. The predicted molar refractivity (Wildman–Crippen MR) is 150 cm³/mol. The molecule has 38 heavy (non-hydrogen) atoms. The van der Waals surface area contributed by atoms with E-state index in [-0.39, 0.29) is 5.91 Å². The van der Waals surface area contributed by atoms with Crippen LogP contribution < -0.4 is 10.2 Å². The molecule has 0 saturated carbocycles. The highest BCUT2D eigenvalue weighted by Crippen LogP contribution is 2.33. The van der Waals surface area contributed by atoms with Gasteiger partial charge in [-0.1, -0.05) is 13.3 Å². The molecule has 5 aromatic rings. The molecule has 6 heterocycles. The van der Waals surface area contributed by atoms with E-state index in [0.717, 1.165) is 83.6 Å². The van der Waals surface area contributed by atoms with Gasteiger partial charge < -0.3 is 20.1 Å². The molecule has 0 atom stereocenters. The summed E-state index contributed by atoms with van der Waals surface area (Å²) in [5, 5.41) is 12.6. The minimum absolute atomic E-state index is 0.000687. The molecule has 0 spiro atoms. The van der Waals surface area contributed by atoms with Crippen molar-refractivity contribution in [1.29, 1.82) is 0 Å². The number of unbranched alkanes of at least 4 members (excludes halogenated alkanes) is 1. The number of pyridine rings is 3. The van der Waals surface area contributed by atoms with Gasteiger partial charge in [-0.3, -0.25) is 14.9 Å². The Morgan fingerprint density at radius 2 is 1.87 bits per heavy atom. The molecule has 1 fully saturated rings. The van der Waals surface area contributed by atoms with Gasteiger partial charge in [-0.15, -0.1) is 0 Å². The van der Waals surface area contributed by atoms with Crippen LogP contribution in [0.1, 0.15) is 26.2 Å². The summed E-state index contributed by atoms with van der Waals surface area (Å²) in [7, 11) is 2.15. The van der Waals surface area contributed by atoms with E-state index in [1.165, 1.54) is 0 Å². The topological polar surface area (TPSA) is 119 Å². The fourth-order valence-electron chi connectivity index (χ4n) is 4.93. The summed E-state index contributed by atoms with van der Waals surface area (Å²) in [4.78, 5) is 34.1. The molecule has 0 aromatic carbocycles. The van der Waals surface area contributed by atoms with Crippen LogP contribution in [0.4, 0.5) is 11.5 Å². The van der Waals surface area contributed by atoms with Crippen molar-refractivity contribution >= 4 is 39.3 Å². The first kappa shape index (κ1) is 24.1. The molecule has 0 radical (unpaired) electrons. The Morgan fingerprint density at radius 1 is 1.03 bits per heavy atom. The van der Waals surface area contributed by atoms with Crippen molar-refractivity contribution in [3.63, 3.8) is 0 Å². The van der Waals surface area contributed by atoms with Crippen LogP contribution in [0.15, 0.2) is 49.1 Å². The van der Waals surface area contributed by atoms with Gasteiger partial charge in [0.1, 0.15) is 11.5 Å². The first-order valence-electron chi connectivity index (χ1n) is 13.1. The molecule has 3 N–H and O–H groups in total. The van der Waals surface area contributed by atoms with Crippen molar-refractivity contribution < 1.29 is 4.79 Å². The molecule has 0 aliphatic carbocycles. The fourth-order valence-corrected chi connectivity index (χ4v) is 4.93. The summed E-state index contributed by atoms with van der Waals surface area (Å²) in [5.41, 5.74) is 5.88. The number of rotatable bonds is 7. The number of nitrogens with one attached hydrogen (secondary N) is 3. The maximum Gasteiger partial charge on any atom is 0.224 e. The van der Waals surface area contributed by atoms with Crippen LogP contribution >= 0.6 is 0 Å². The number of aromatic nitrogens is 6. The van der Waals surface area contributed by atoms with Crippen molar-refractivity contribution in [2.24, 2.45) is 0 Å². The first-order valence-corrected chi connectivity index (χ1v) is 13.1. The van der Waals surface area contributed by atoms with E-state index < -0.39 is 0 Å².